The summed E-state index contributed by atoms with van der Waals surface area (Å²) in [7, 11) is 0. The Bertz CT molecular complexity index is 546. The Morgan fingerprint density at radius 2 is 2.06 bits per heavy atom. The lowest BCUT2D eigenvalue weighted by Gasteiger charge is -2.03. The van der Waals surface area contributed by atoms with Crippen molar-refractivity contribution in [1.82, 2.24) is 10.2 Å². The molecule has 0 aliphatic heterocycles. The van der Waals surface area contributed by atoms with Crippen LogP contribution in [0.2, 0.25) is 5.02 Å². The summed E-state index contributed by atoms with van der Waals surface area (Å²) in [6.07, 6.45) is 1.93. The van der Waals surface area contributed by atoms with Gasteiger partial charge in [0.05, 0.1) is 5.02 Å². The second kappa shape index (κ2) is 5.43. The van der Waals surface area contributed by atoms with Crippen molar-refractivity contribution >= 4 is 52.1 Å². The van der Waals surface area contributed by atoms with E-state index in [1.54, 1.807) is 0 Å². The first-order chi connectivity index (χ1) is 8.10. The number of aromatic nitrogens is 2. The zero-order valence-corrected chi connectivity index (χ0v) is 11.8. The van der Waals surface area contributed by atoms with Gasteiger partial charge in [-0.15, -0.1) is 10.2 Å². The van der Waals surface area contributed by atoms with Gasteiger partial charge >= 0.3 is 0 Å². The second-order valence-corrected chi connectivity index (χ2v) is 6.67. The minimum atomic E-state index is -0.518. The van der Waals surface area contributed by atoms with Crippen LogP contribution < -0.4 is 5.73 Å². The summed E-state index contributed by atoms with van der Waals surface area (Å²) in [5.74, 6) is -0.518. The highest BCUT2D eigenvalue weighted by molar-refractivity contribution is 8.03. The van der Waals surface area contributed by atoms with Crippen LogP contribution in [-0.2, 0) is 0 Å². The molecule has 0 atom stereocenters. The fraction of sp³-hybridized carbons (Fsp3) is 0.111. The minimum Gasteiger partial charge on any atom is -0.398 e. The first-order valence-electron chi connectivity index (χ1n) is 4.40. The van der Waals surface area contributed by atoms with Crippen LogP contribution in [0, 0.1) is 5.82 Å². The Labute approximate surface area is 115 Å². The van der Waals surface area contributed by atoms with Crippen LogP contribution in [-0.4, -0.2) is 16.5 Å². The number of rotatable bonds is 3. The Hall–Kier alpha value is -0.500. The van der Waals surface area contributed by atoms with Crippen molar-refractivity contribution in [2.24, 2.45) is 0 Å². The molecule has 0 bridgehead atoms. The fourth-order valence-corrected chi connectivity index (χ4v) is 3.74. The predicted molar refractivity (Wildman–Crippen MR) is 71.6 cm³/mol. The van der Waals surface area contributed by atoms with Crippen LogP contribution in [0.4, 0.5) is 10.1 Å². The molecule has 0 spiro atoms. The highest BCUT2D eigenvalue weighted by Crippen LogP contribution is 2.37. The van der Waals surface area contributed by atoms with Crippen molar-refractivity contribution in [1.29, 1.82) is 0 Å². The Balaban J connectivity index is 2.26. The number of hydrogen-bond acceptors (Lipinski definition) is 6. The van der Waals surface area contributed by atoms with Crippen LogP contribution in [0.3, 0.4) is 0 Å². The highest BCUT2D eigenvalue weighted by atomic mass is 35.5. The monoisotopic (exact) mass is 307 g/mol. The van der Waals surface area contributed by atoms with Gasteiger partial charge in [-0.1, -0.05) is 46.5 Å². The standard InChI is InChI=1S/C9H7ClFN3S3/c1-15-8-13-14-9(17-8)16-7-2-4(10)5(11)3-6(7)12/h2-3H,12H2,1H3. The van der Waals surface area contributed by atoms with Gasteiger partial charge in [-0.25, -0.2) is 4.39 Å². The van der Waals surface area contributed by atoms with Crippen molar-refractivity contribution in [2.45, 2.75) is 13.6 Å². The number of nitrogens with two attached hydrogens (primary N) is 1. The maximum absolute atomic E-state index is 13.1. The molecule has 2 aromatic rings. The topological polar surface area (TPSA) is 51.8 Å². The molecule has 2 rings (SSSR count). The molecule has 0 aliphatic rings. The van der Waals surface area contributed by atoms with Gasteiger partial charge in [0.25, 0.3) is 0 Å². The fourth-order valence-electron chi connectivity index (χ4n) is 1.05. The van der Waals surface area contributed by atoms with Gasteiger partial charge in [-0.3, -0.25) is 0 Å². The Kier molecular flexibility index (Phi) is 4.13. The predicted octanol–water partition coefficient (Wildman–Crippen LogP) is 3.79. The van der Waals surface area contributed by atoms with E-state index in [0.29, 0.717) is 10.6 Å². The SMILES string of the molecule is CSc1nnc(Sc2cc(Cl)c(F)cc2N)s1. The van der Waals surface area contributed by atoms with Crippen molar-refractivity contribution in [3.8, 4) is 0 Å². The maximum atomic E-state index is 13.1. The van der Waals surface area contributed by atoms with Crippen LogP contribution in [0.1, 0.15) is 0 Å². The van der Waals surface area contributed by atoms with E-state index in [4.69, 9.17) is 17.3 Å². The third-order valence-corrected chi connectivity index (χ3v) is 5.13. The smallest absolute Gasteiger partial charge is 0.179 e. The van der Waals surface area contributed by atoms with E-state index in [-0.39, 0.29) is 5.02 Å². The summed E-state index contributed by atoms with van der Waals surface area (Å²) in [5.41, 5.74) is 6.05. The minimum absolute atomic E-state index is 0.0521. The zero-order chi connectivity index (χ0) is 12.4. The molecule has 0 amide bonds. The van der Waals surface area contributed by atoms with Crippen molar-refractivity contribution in [3.63, 3.8) is 0 Å². The lowest BCUT2D eigenvalue weighted by Crippen LogP contribution is -1.90. The average Bonchev–Trinajstić information content (AvgIpc) is 2.73. The molecular weight excluding hydrogens is 301 g/mol. The van der Waals surface area contributed by atoms with E-state index in [0.717, 1.165) is 8.68 Å². The van der Waals surface area contributed by atoms with Crippen LogP contribution in [0.25, 0.3) is 0 Å². The molecule has 3 nitrogen and oxygen atoms in total. The molecule has 0 saturated carbocycles. The molecule has 2 N–H and O–H groups in total. The quantitative estimate of drug-likeness (QED) is 0.690. The molecular formula is C9H7ClFN3S3. The van der Waals surface area contributed by atoms with Crippen molar-refractivity contribution in [3.05, 3.63) is 23.0 Å². The molecule has 1 aromatic heterocycles. The summed E-state index contributed by atoms with van der Waals surface area (Å²) in [4.78, 5) is 0.681. The van der Waals surface area contributed by atoms with Gasteiger partial charge < -0.3 is 5.73 Å². The Morgan fingerprint density at radius 3 is 2.71 bits per heavy atom. The van der Waals surface area contributed by atoms with E-state index in [9.17, 15) is 4.39 Å². The Morgan fingerprint density at radius 1 is 1.35 bits per heavy atom. The number of thioether (sulfide) groups is 1. The van der Waals surface area contributed by atoms with Gasteiger partial charge in [-0.05, 0) is 18.4 Å². The van der Waals surface area contributed by atoms with E-state index >= 15 is 0 Å². The summed E-state index contributed by atoms with van der Waals surface area (Å²) < 4.78 is 14.7. The van der Waals surface area contributed by atoms with Gasteiger partial charge in [0.1, 0.15) is 5.82 Å². The largest absolute Gasteiger partial charge is 0.398 e. The van der Waals surface area contributed by atoms with E-state index in [1.807, 2.05) is 6.26 Å². The number of halogens is 2. The number of anilines is 1. The van der Waals surface area contributed by atoms with E-state index < -0.39 is 5.82 Å². The van der Waals surface area contributed by atoms with Gasteiger partial charge in [0.15, 0.2) is 8.68 Å². The number of nitrogen functional groups attached to an aromatic ring is 1. The number of nitrogens with zero attached hydrogens (tertiary/aromatic N) is 2. The van der Waals surface area contributed by atoms with Crippen molar-refractivity contribution < 1.29 is 4.39 Å². The third kappa shape index (κ3) is 3.04. The summed E-state index contributed by atoms with van der Waals surface area (Å²) in [6.45, 7) is 0. The first-order valence-corrected chi connectivity index (χ1v) is 7.63. The van der Waals surface area contributed by atoms with E-state index in [1.165, 1.54) is 47.0 Å². The van der Waals surface area contributed by atoms with Crippen LogP contribution in [0.5, 0.6) is 0 Å². The van der Waals surface area contributed by atoms with Crippen molar-refractivity contribution in [2.75, 3.05) is 12.0 Å². The maximum Gasteiger partial charge on any atom is 0.179 e. The highest BCUT2D eigenvalue weighted by Gasteiger charge is 2.11. The normalized spacial score (nSPS) is 10.8. The van der Waals surface area contributed by atoms with Crippen LogP contribution >= 0.6 is 46.5 Å². The molecule has 0 fully saturated rings. The van der Waals surface area contributed by atoms with Gasteiger partial charge in [-0.2, -0.15) is 0 Å². The lowest BCUT2D eigenvalue weighted by molar-refractivity contribution is 0.628. The lowest BCUT2D eigenvalue weighted by atomic mass is 10.3. The molecule has 1 aromatic carbocycles. The molecule has 8 heteroatoms. The molecule has 0 unspecified atom stereocenters. The second-order valence-electron chi connectivity index (χ2n) is 2.94. The number of hydrogen-bond donors (Lipinski definition) is 1. The van der Waals surface area contributed by atoms with Gasteiger partial charge in [0, 0.05) is 10.6 Å². The van der Waals surface area contributed by atoms with Crippen LogP contribution in [0.15, 0.2) is 25.7 Å². The number of benzene rings is 1. The molecule has 0 aliphatic carbocycles. The summed E-state index contributed by atoms with van der Waals surface area (Å²) in [5, 5.41) is 8.01. The summed E-state index contributed by atoms with van der Waals surface area (Å²) >= 11 is 10.0. The molecule has 90 valence electrons. The van der Waals surface area contributed by atoms with Gasteiger partial charge in [0.2, 0.25) is 0 Å². The average molecular weight is 308 g/mol. The third-order valence-electron chi connectivity index (χ3n) is 1.81. The summed E-state index contributed by atoms with van der Waals surface area (Å²) in [6, 6.07) is 2.71. The van der Waals surface area contributed by atoms with E-state index in [2.05, 4.69) is 10.2 Å². The molecule has 17 heavy (non-hydrogen) atoms. The first kappa shape index (κ1) is 12.9. The zero-order valence-electron chi connectivity index (χ0n) is 8.61. The molecule has 0 radical (unpaired) electrons. The molecule has 0 saturated heterocycles. The molecule has 1 heterocycles.